The summed E-state index contributed by atoms with van der Waals surface area (Å²) < 4.78 is 10.6. The van der Waals surface area contributed by atoms with E-state index in [1.807, 2.05) is 0 Å². The summed E-state index contributed by atoms with van der Waals surface area (Å²) >= 11 is 0. The third-order valence-electron chi connectivity index (χ3n) is 8.64. The molecule has 1 N–H and O–H groups in total. The summed E-state index contributed by atoms with van der Waals surface area (Å²) in [6.07, 6.45) is 48.8. The molecule has 0 fully saturated rings. The lowest BCUT2D eigenvalue weighted by atomic mass is 10.0. The van der Waals surface area contributed by atoms with Gasteiger partial charge in [-0.1, -0.05) is 178 Å². The van der Waals surface area contributed by atoms with Crippen molar-refractivity contribution >= 4 is 11.9 Å². The topological polar surface area (TPSA) is 72.8 Å². The monoisotopic (exact) mass is 673 g/mol. The Labute approximate surface area is 297 Å². The van der Waals surface area contributed by atoms with E-state index >= 15 is 0 Å². The molecule has 0 aliphatic heterocycles. The first-order valence-electron chi connectivity index (χ1n) is 20.2. The summed E-state index contributed by atoms with van der Waals surface area (Å²) in [7, 11) is 0. The molecule has 278 valence electrons. The summed E-state index contributed by atoms with van der Waals surface area (Å²) in [4.78, 5) is 24.3. The molecular weight excluding hydrogens is 596 g/mol. The number of hydrogen-bond acceptors (Lipinski definition) is 5. The highest BCUT2D eigenvalue weighted by Crippen LogP contribution is 2.14. The quantitative estimate of drug-likeness (QED) is 0.0407. The highest BCUT2D eigenvalue weighted by atomic mass is 16.6. The first-order chi connectivity index (χ1) is 23.6. The van der Waals surface area contributed by atoms with Crippen molar-refractivity contribution in [3.05, 3.63) is 48.6 Å². The number of ether oxygens (including phenoxy) is 2. The van der Waals surface area contributed by atoms with Gasteiger partial charge >= 0.3 is 11.9 Å². The number of rotatable bonds is 36. The Balaban J connectivity index is 3.58. The molecule has 1 atom stereocenters. The van der Waals surface area contributed by atoms with Crippen LogP contribution in [0, 0.1) is 0 Å². The van der Waals surface area contributed by atoms with Gasteiger partial charge in [0.25, 0.3) is 0 Å². The van der Waals surface area contributed by atoms with Crippen LogP contribution in [0.4, 0.5) is 0 Å². The Bertz CT molecular complexity index is 812. The van der Waals surface area contributed by atoms with Crippen LogP contribution in [0.25, 0.3) is 0 Å². The molecule has 5 nitrogen and oxygen atoms in total. The maximum atomic E-state index is 12.2. The molecule has 0 saturated carbocycles. The number of unbranched alkanes of at least 4 members (excludes halogenated alkanes) is 20. The highest BCUT2D eigenvalue weighted by Gasteiger charge is 2.16. The lowest BCUT2D eigenvalue weighted by Gasteiger charge is -2.15. The molecule has 0 amide bonds. The van der Waals surface area contributed by atoms with Crippen LogP contribution in [-0.4, -0.2) is 36.4 Å². The average Bonchev–Trinajstić information content (AvgIpc) is 3.09. The predicted molar refractivity (Wildman–Crippen MR) is 205 cm³/mol. The molecule has 0 rings (SSSR count). The summed E-state index contributed by atoms with van der Waals surface area (Å²) in [5.41, 5.74) is 0. The first-order valence-corrected chi connectivity index (χ1v) is 20.2. The number of carbonyl (C=O) groups is 2. The molecule has 48 heavy (non-hydrogen) atoms. The summed E-state index contributed by atoms with van der Waals surface area (Å²) in [5, 5.41) is 9.56. The molecule has 1 unspecified atom stereocenters. The summed E-state index contributed by atoms with van der Waals surface area (Å²) in [6.45, 7) is 4.02. The van der Waals surface area contributed by atoms with Gasteiger partial charge in [0.2, 0.25) is 0 Å². The zero-order chi connectivity index (χ0) is 35.0. The smallest absolute Gasteiger partial charge is 0.306 e. The minimum atomic E-state index is -0.777. The number of esters is 2. The molecular formula is C43H76O5. The Morgan fingerprint density at radius 2 is 0.896 bits per heavy atom. The van der Waals surface area contributed by atoms with E-state index in [0.717, 1.165) is 70.6 Å². The fraction of sp³-hybridized carbons (Fsp3) is 0.767. The standard InChI is InChI=1S/C43H76O5/c1-3-5-7-9-11-13-15-17-19-20-21-22-24-26-28-30-32-34-36-38-43(46)48-41(39-44)40-47-42(45)37-35-33-31-29-27-25-23-18-16-14-12-10-8-6-4-2/h5,7,11,13,17,19,21-22,41,44H,3-4,6,8-10,12,14-16,18,20,23-40H2,1-2H3/b7-5-,13-11-,19-17-,22-21-. The minimum absolute atomic E-state index is 0.0703. The van der Waals surface area contributed by atoms with Crippen LogP contribution in [0.3, 0.4) is 0 Å². The molecule has 0 heterocycles. The van der Waals surface area contributed by atoms with Crippen molar-refractivity contribution in [1.82, 2.24) is 0 Å². The zero-order valence-electron chi connectivity index (χ0n) is 31.5. The maximum absolute atomic E-state index is 12.2. The molecule has 0 bridgehead atoms. The normalized spacial score (nSPS) is 12.6. The first kappa shape index (κ1) is 45.9. The van der Waals surface area contributed by atoms with E-state index in [-0.39, 0.29) is 25.2 Å². The van der Waals surface area contributed by atoms with Gasteiger partial charge in [-0.2, -0.15) is 0 Å². The fourth-order valence-electron chi connectivity index (χ4n) is 5.60. The number of carbonyl (C=O) groups excluding carboxylic acids is 2. The van der Waals surface area contributed by atoms with Crippen LogP contribution in [0.1, 0.15) is 194 Å². The Kier molecular flexibility index (Phi) is 37.5. The van der Waals surface area contributed by atoms with E-state index in [0.29, 0.717) is 12.8 Å². The Hall–Kier alpha value is -2.14. The van der Waals surface area contributed by atoms with Gasteiger partial charge < -0.3 is 14.6 Å². The second-order valence-corrected chi connectivity index (χ2v) is 13.3. The van der Waals surface area contributed by atoms with E-state index in [1.54, 1.807) is 0 Å². The van der Waals surface area contributed by atoms with Gasteiger partial charge in [-0.3, -0.25) is 9.59 Å². The van der Waals surface area contributed by atoms with Crippen LogP contribution in [0.2, 0.25) is 0 Å². The van der Waals surface area contributed by atoms with E-state index < -0.39 is 6.10 Å². The van der Waals surface area contributed by atoms with E-state index in [1.165, 1.54) is 96.3 Å². The van der Waals surface area contributed by atoms with Crippen molar-refractivity contribution in [3.8, 4) is 0 Å². The second-order valence-electron chi connectivity index (χ2n) is 13.3. The third-order valence-corrected chi connectivity index (χ3v) is 8.64. The van der Waals surface area contributed by atoms with Crippen LogP contribution in [-0.2, 0) is 19.1 Å². The maximum Gasteiger partial charge on any atom is 0.306 e. The Morgan fingerprint density at radius 1 is 0.500 bits per heavy atom. The average molecular weight is 673 g/mol. The number of aliphatic hydroxyl groups excluding tert-OH is 1. The van der Waals surface area contributed by atoms with Crippen molar-refractivity contribution < 1.29 is 24.2 Å². The largest absolute Gasteiger partial charge is 0.462 e. The molecule has 0 saturated heterocycles. The zero-order valence-corrected chi connectivity index (χ0v) is 31.5. The van der Waals surface area contributed by atoms with Crippen LogP contribution < -0.4 is 0 Å². The fourth-order valence-corrected chi connectivity index (χ4v) is 5.60. The number of aliphatic hydroxyl groups is 1. The van der Waals surface area contributed by atoms with Gasteiger partial charge in [-0.25, -0.2) is 0 Å². The number of allylic oxidation sites excluding steroid dienone is 8. The van der Waals surface area contributed by atoms with E-state index in [4.69, 9.17) is 9.47 Å². The molecule has 0 aliphatic rings. The van der Waals surface area contributed by atoms with Crippen LogP contribution >= 0.6 is 0 Å². The molecule has 0 radical (unpaired) electrons. The number of hydrogen-bond donors (Lipinski definition) is 1. The summed E-state index contributed by atoms with van der Waals surface area (Å²) in [5.74, 6) is -0.604. The summed E-state index contributed by atoms with van der Waals surface area (Å²) in [6, 6.07) is 0. The molecule has 0 spiro atoms. The Morgan fingerprint density at radius 3 is 1.35 bits per heavy atom. The molecule has 0 aromatic heterocycles. The van der Waals surface area contributed by atoms with Crippen molar-refractivity contribution in [2.75, 3.05) is 13.2 Å². The minimum Gasteiger partial charge on any atom is -0.462 e. The van der Waals surface area contributed by atoms with E-state index in [2.05, 4.69) is 62.5 Å². The van der Waals surface area contributed by atoms with Gasteiger partial charge in [0.15, 0.2) is 6.10 Å². The van der Waals surface area contributed by atoms with E-state index in [9.17, 15) is 14.7 Å². The van der Waals surface area contributed by atoms with Crippen molar-refractivity contribution in [3.63, 3.8) is 0 Å². The van der Waals surface area contributed by atoms with Crippen molar-refractivity contribution in [2.24, 2.45) is 0 Å². The van der Waals surface area contributed by atoms with Gasteiger partial charge in [0.05, 0.1) is 6.61 Å². The predicted octanol–water partition coefficient (Wildman–Crippen LogP) is 12.6. The highest BCUT2D eigenvalue weighted by molar-refractivity contribution is 5.70. The van der Waals surface area contributed by atoms with Crippen molar-refractivity contribution in [2.45, 2.75) is 200 Å². The third kappa shape index (κ3) is 36.7. The van der Waals surface area contributed by atoms with Gasteiger partial charge in [0, 0.05) is 12.8 Å². The molecule has 0 aromatic carbocycles. The van der Waals surface area contributed by atoms with Gasteiger partial charge in [-0.05, 0) is 51.4 Å². The second kappa shape index (κ2) is 39.3. The molecule has 0 aliphatic carbocycles. The lowest BCUT2D eigenvalue weighted by molar-refractivity contribution is -0.161. The van der Waals surface area contributed by atoms with Crippen LogP contribution in [0.15, 0.2) is 48.6 Å². The van der Waals surface area contributed by atoms with Crippen molar-refractivity contribution in [1.29, 1.82) is 0 Å². The van der Waals surface area contributed by atoms with Crippen LogP contribution in [0.5, 0.6) is 0 Å². The molecule has 5 heteroatoms. The SMILES string of the molecule is CC/C=C\C/C=C\C/C=C\C/C=C\CCCCCCCCC(=O)OC(CO)COC(=O)CCCCCCCCCCCCCCCCC. The van der Waals surface area contributed by atoms with Gasteiger partial charge in [-0.15, -0.1) is 0 Å². The van der Waals surface area contributed by atoms with Gasteiger partial charge in [0.1, 0.15) is 6.61 Å². The lowest BCUT2D eigenvalue weighted by Crippen LogP contribution is -2.28. The molecule has 0 aromatic rings.